The van der Waals surface area contributed by atoms with Crippen molar-refractivity contribution in [3.05, 3.63) is 59.8 Å². The molecule has 1 aliphatic rings. The number of rotatable bonds is 5. The summed E-state index contributed by atoms with van der Waals surface area (Å²) in [6.07, 6.45) is 4.44. The zero-order valence-corrected chi connectivity index (χ0v) is 13.4. The molecule has 0 N–H and O–H groups in total. The Kier molecular flexibility index (Phi) is 4.94. The number of hydrogen-bond acceptors (Lipinski definition) is 3. The molecule has 2 aromatic rings. The maximum absolute atomic E-state index is 4.59. The third-order valence-corrected chi connectivity index (χ3v) is 4.94. The van der Waals surface area contributed by atoms with E-state index in [1.54, 1.807) is 0 Å². The molecular formula is C18H22N2S. The van der Waals surface area contributed by atoms with E-state index in [2.05, 4.69) is 59.3 Å². The van der Waals surface area contributed by atoms with Crippen molar-refractivity contribution < 1.29 is 0 Å². The Hall–Kier alpha value is -1.32. The molecule has 2 nitrogen and oxygen atoms in total. The average molecular weight is 298 g/mol. The van der Waals surface area contributed by atoms with Crippen molar-refractivity contribution in [2.24, 2.45) is 0 Å². The Balaban J connectivity index is 1.81. The molecule has 3 heteroatoms. The number of nitrogens with zero attached hydrogens (tertiary/aromatic N) is 2. The highest BCUT2D eigenvalue weighted by atomic mass is 32.2. The lowest BCUT2D eigenvalue weighted by atomic mass is 10.1. The quantitative estimate of drug-likeness (QED) is 0.754. The van der Waals surface area contributed by atoms with Crippen LogP contribution >= 0.6 is 11.8 Å². The summed E-state index contributed by atoms with van der Waals surface area (Å²) in [6.45, 7) is 4.42. The summed E-state index contributed by atoms with van der Waals surface area (Å²) >= 11 is 1.86. The van der Waals surface area contributed by atoms with Crippen LogP contribution in [0.4, 0.5) is 0 Å². The molecule has 1 atom stereocenters. The molecule has 1 saturated heterocycles. The summed E-state index contributed by atoms with van der Waals surface area (Å²) in [5.74, 6) is 1.08. The number of thioether (sulfide) groups is 1. The van der Waals surface area contributed by atoms with E-state index in [0.29, 0.717) is 6.04 Å². The third-order valence-electron chi connectivity index (χ3n) is 4.03. The van der Waals surface area contributed by atoms with E-state index in [0.717, 1.165) is 12.3 Å². The molecule has 0 bridgehead atoms. The molecule has 0 amide bonds. The van der Waals surface area contributed by atoms with Crippen LogP contribution in [0.2, 0.25) is 0 Å². The molecule has 1 aromatic carbocycles. The number of pyridine rings is 1. The lowest BCUT2D eigenvalue weighted by molar-refractivity contribution is 0.245. The third kappa shape index (κ3) is 3.47. The predicted molar refractivity (Wildman–Crippen MR) is 89.5 cm³/mol. The van der Waals surface area contributed by atoms with E-state index in [1.807, 2.05) is 18.0 Å². The molecule has 1 unspecified atom stereocenters. The SMILES string of the molecule is CCSc1ncccc1C1CCCN1Cc1ccccc1. The van der Waals surface area contributed by atoms with Gasteiger partial charge in [-0.25, -0.2) is 4.98 Å². The highest BCUT2D eigenvalue weighted by molar-refractivity contribution is 7.99. The molecule has 21 heavy (non-hydrogen) atoms. The number of aromatic nitrogens is 1. The van der Waals surface area contributed by atoms with Gasteiger partial charge in [0.2, 0.25) is 0 Å². The zero-order chi connectivity index (χ0) is 14.5. The van der Waals surface area contributed by atoms with Crippen LogP contribution in [0.25, 0.3) is 0 Å². The molecule has 1 fully saturated rings. The van der Waals surface area contributed by atoms with Crippen LogP contribution in [0.1, 0.15) is 36.9 Å². The van der Waals surface area contributed by atoms with Crippen molar-refractivity contribution in [3.8, 4) is 0 Å². The Labute approximate surface area is 131 Å². The minimum absolute atomic E-state index is 0.521. The fourth-order valence-electron chi connectivity index (χ4n) is 3.10. The van der Waals surface area contributed by atoms with Crippen molar-refractivity contribution >= 4 is 11.8 Å². The smallest absolute Gasteiger partial charge is 0.101 e. The standard InChI is InChI=1S/C18H22N2S/c1-2-21-18-16(10-6-12-19-18)17-11-7-13-20(17)14-15-8-4-3-5-9-15/h3-6,8-10,12,17H,2,7,11,13-14H2,1H3. The summed E-state index contributed by atoms with van der Waals surface area (Å²) in [5.41, 5.74) is 2.82. The summed E-state index contributed by atoms with van der Waals surface area (Å²) in [7, 11) is 0. The van der Waals surface area contributed by atoms with Gasteiger partial charge in [0.15, 0.2) is 0 Å². The number of likely N-dealkylation sites (tertiary alicyclic amines) is 1. The van der Waals surface area contributed by atoms with E-state index >= 15 is 0 Å². The highest BCUT2D eigenvalue weighted by Gasteiger charge is 2.28. The van der Waals surface area contributed by atoms with E-state index < -0.39 is 0 Å². The second-order valence-electron chi connectivity index (χ2n) is 5.44. The van der Waals surface area contributed by atoms with Crippen LogP contribution in [0.5, 0.6) is 0 Å². The number of hydrogen-bond donors (Lipinski definition) is 0. The van der Waals surface area contributed by atoms with Gasteiger partial charge in [-0.05, 0) is 36.8 Å². The maximum Gasteiger partial charge on any atom is 0.101 e. The van der Waals surface area contributed by atoms with Gasteiger partial charge in [0.05, 0.1) is 0 Å². The van der Waals surface area contributed by atoms with Crippen molar-refractivity contribution in [2.45, 2.75) is 37.4 Å². The second-order valence-corrected chi connectivity index (χ2v) is 6.70. The van der Waals surface area contributed by atoms with Gasteiger partial charge >= 0.3 is 0 Å². The molecule has 3 rings (SSSR count). The molecular weight excluding hydrogens is 276 g/mol. The van der Waals surface area contributed by atoms with Gasteiger partial charge in [-0.1, -0.05) is 43.3 Å². The van der Waals surface area contributed by atoms with Crippen molar-refractivity contribution in [1.29, 1.82) is 0 Å². The molecule has 0 saturated carbocycles. The van der Waals surface area contributed by atoms with Crippen LogP contribution in [0.15, 0.2) is 53.7 Å². The highest BCUT2D eigenvalue weighted by Crippen LogP contribution is 2.37. The normalized spacial score (nSPS) is 19.0. The van der Waals surface area contributed by atoms with Gasteiger partial charge in [0, 0.05) is 24.3 Å². The summed E-state index contributed by atoms with van der Waals surface area (Å²) in [4.78, 5) is 7.19. The fraction of sp³-hybridized carbons (Fsp3) is 0.389. The maximum atomic E-state index is 4.59. The van der Waals surface area contributed by atoms with Crippen molar-refractivity contribution in [3.63, 3.8) is 0 Å². The lowest BCUT2D eigenvalue weighted by Crippen LogP contribution is -2.23. The molecule has 110 valence electrons. The van der Waals surface area contributed by atoms with Gasteiger partial charge in [0.1, 0.15) is 5.03 Å². The van der Waals surface area contributed by atoms with Crippen molar-refractivity contribution in [2.75, 3.05) is 12.3 Å². The average Bonchev–Trinajstić information content (AvgIpc) is 2.97. The molecule has 1 aliphatic heterocycles. The molecule has 0 radical (unpaired) electrons. The molecule has 1 aromatic heterocycles. The van der Waals surface area contributed by atoms with Crippen LogP contribution in [0.3, 0.4) is 0 Å². The zero-order valence-electron chi connectivity index (χ0n) is 12.5. The second kappa shape index (κ2) is 7.10. The summed E-state index contributed by atoms with van der Waals surface area (Å²) < 4.78 is 0. The monoisotopic (exact) mass is 298 g/mol. The van der Waals surface area contributed by atoms with Crippen molar-refractivity contribution in [1.82, 2.24) is 9.88 Å². The molecule has 0 spiro atoms. The Morgan fingerprint density at radius 2 is 2.05 bits per heavy atom. The van der Waals surface area contributed by atoms with Gasteiger partial charge < -0.3 is 0 Å². The fourth-order valence-corrected chi connectivity index (χ4v) is 3.88. The van der Waals surface area contributed by atoms with E-state index in [4.69, 9.17) is 0 Å². The Morgan fingerprint density at radius 1 is 1.19 bits per heavy atom. The van der Waals surface area contributed by atoms with E-state index in [9.17, 15) is 0 Å². The summed E-state index contributed by atoms with van der Waals surface area (Å²) in [6, 6.07) is 15.6. The van der Waals surface area contributed by atoms with Crippen LogP contribution in [-0.2, 0) is 6.54 Å². The van der Waals surface area contributed by atoms with Crippen LogP contribution < -0.4 is 0 Å². The first kappa shape index (κ1) is 14.6. The topological polar surface area (TPSA) is 16.1 Å². The largest absolute Gasteiger partial charge is 0.292 e. The first-order chi connectivity index (χ1) is 10.4. The minimum atomic E-state index is 0.521. The first-order valence-corrected chi connectivity index (χ1v) is 8.72. The first-order valence-electron chi connectivity index (χ1n) is 7.74. The van der Waals surface area contributed by atoms with Gasteiger partial charge in [-0.15, -0.1) is 11.8 Å². The Morgan fingerprint density at radius 3 is 2.86 bits per heavy atom. The predicted octanol–water partition coefficient (Wildman–Crippen LogP) is 4.53. The van der Waals surface area contributed by atoms with Gasteiger partial charge in [0.25, 0.3) is 0 Å². The van der Waals surface area contributed by atoms with E-state index in [1.165, 1.54) is 35.5 Å². The van der Waals surface area contributed by atoms with Gasteiger partial charge in [-0.2, -0.15) is 0 Å². The van der Waals surface area contributed by atoms with E-state index in [-0.39, 0.29) is 0 Å². The number of benzene rings is 1. The molecule has 2 heterocycles. The lowest BCUT2D eigenvalue weighted by Gasteiger charge is -2.26. The Bertz CT molecular complexity index is 570. The summed E-state index contributed by atoms with van der Waals surface area (Å²) in [5, 5.41) is 1.21. The minimum Gasteiger partial charge on any atom is -0.292 e. The van der Waals surface area contributed by atoms with Gasteiger partial charge in [-0.3, -0.25) is 4.90 Å². The van der Waals surface area contributed by atoms with Crippen LogP contribution in [0, 0.1) is 0 Å². The van der Waals surface area contributed by atoms with Crippen LogP contribution in [-0.4, -0.2) is 22.2 Å². The molecule has 0 aliphatic carbocycles.